The van der Waals surface area contributed by atoms with E-state index in [1.807, 2.05) is 73.7 Å². The van der Waals surface area contributed by atoms with Crippen molar-refractivity contribution < 1.29 is 28.7 Å². The molecule has 0 bridgehead atoms. The van der Waals surface area contributed by atoms with Gasteiger partial charge in [-0.25, -0.2) is 4.79 Å². The van der Waals surface area contributed by atoms with Crippen LogP contribution in [0.25, 0.3) is 6.08 Å². The largest absolute Gasteiger partial charge is 0.489 e. The normalized spacial score (nSPS) is 14.4. The number of nitrogens with one attached hydrogen (secondary N) is 3. The van der Waals surface area contributed by atoms with Gasteiger partial charge in [0.25, 0.3) is 11.8 Å². The summed E-state index contributed by atoms with van der Waals surface area (Å²) in [6, 6.07) is 33.0. The molecule has 300 valence electrons. The van der Waals surface area contributed by atoms with E-state index in [1.165, 1.54) is 30.2 Å². The highest BCUT2D eigenvalue weighted by Gasteiger charge is 2.35. The number of esters is 1. The number of benzene rings is 4. The van der Waals surface area contributed by atoms with Crippen molar-refractivity contribution >= 4 is 63.6 Å². The Bertz CT molecular complexity index is 2260. The van der Waals surface area contributed by atoms with Crippen LogP contribution in [0.2, 0.25) is 0 Å². The maximum absolute atomic E-state index is 13.9. The van der Waals surface area contributed by atoms with Crippen LogP contribution >= 0.6 is 23.1 Å². The van der Waals surface area contributed by atoms with Crippen LogP contribution in [0.15, 0.2) is 120 Å². The summed E-state index contributed by atoms with van der Waals surface area (Å²) in [7, 11) is 1.37. The van der Waals surface area contributed by atoms with Gasteiger partial charge in [0, 0.05) is 21.0 Å². The molecule has 0 aliphatic heterocycles. The van der Waals surface area contributed by atoms with E-state index in [-0.39, 0.29) is 17.0 Å². The van der Waals surface area contributed by atoms with Crippen molar-refractivity contribution in [3.63, 3.8) is 0 Å². The number of thioether (sulfide) groups is 1. The first kappa shape index (κ1) is 42.0. The van der Waals surface area contributed by atoms with Crippen LogP contribution in [0.5, 0.6) is 5.75 Å². The molecule has 1 aromatic heterocycles. The van der Waals surface area contributed by atoms with Gasteiger partial charge in [0.05, 0.1) is 17.9 Å². The Balaban J connectivity index is 1.16. The van der Waals surface area contributed by atoms with E-state index in [9.17, 15) is 19.2 Å². The lowest BCUT2D eigenvalue weighted by Gasteiger charge is -2.33. The number of ether oxygens (including phenoxy) is 2. The molecule has 0 saturated heterocycles. The number of fused-ring (bicyclic) bond motifs is 1. The molecule has 2 atom stereocenters. The third kappa shape index (κ3) is 10.8. The molecule has 0 spiro atoms. The van der Waals surface area contributed by atoms with E-state index in [4.69, 9.17) is 9.47 Å². The Hall–Kier alpha value is -5.65. The smallest absolute Gasteiger partial charge is 0.341 e. The minimum atomic E-state index is -0.522. The van der Waals surface area contributed by atoms with Gasteiger partial charge in [-0.05, 0) is 102 Å². The molecule has 0 radical (unpaired) electrons. The van der Waals surface area contributed by atoms with E-state index in [0.717, 1.165) is 40.2 Å². The fraction of sp³-hybridized carbons (Fsp3) is 0.277. The van der Waals surface area contributed by atoms with Crippen LogP contribution in [0.1, 0.15) is 82.8 Å². The maximum atomic E-state index is 13.9. The van der Waals surface area contributed by atoms with E-state index in [2.05, 4.69) is 36.7 Å². The van der Waals surface area contributed by atoms with Gasteiger partial charge in [0.15, 0.2) is 0 Å². The number of thiophene rings is 1. The third-order valence-corrected chi connectivity index (χ3v) is 12.6. The van der Waals surface area contributed by atoms with Crippen molar-refractivity contribution in [1.29, 1.82) is 0 Å². The Labute approximate surface area is 348 Å². The topological polar surface area (TPSA) is 123 Å². The predicted octanol–water partition coefficient (Wildman–Crippen LogP) is 10.2. The van der Waals surface area contributed by atoms with E-state index in [1.54, 1.807) is 48.5 Å². The van der Waals surface area contributed by atoms with Crippen molar-refractivity contribution in [2.24, 2.45) is 11.3 Å². The van der Waals surface area contributed by atoms with Gasteiger partial charge in [-0.1, -0.05) is 94.4 Å². The van der Waals surface area contributed by atoms with Gasteiger partial charge < -0.3 is 25.4 Å². The maximum Gasteiger partial charge on any atom is 0.341 e. The highest BCUT2D eigenvalue weighted by atomic mass is 32.2. The average Bonchev–Trinajstić information content (AvgIpc) is 3.59. The lowest BCUT2D eigenvalue weighted by atomic mass is 9.72. The first-order chi connectivity index (χ1) is 27.9. The molecule has 0 saturated carbocycles. The summed E-state index contributed by atoms with van der Waals surface area (Å²) in [4.78, 5) is 55.8. The first-order valence-corrected chi connectivity index (χ1v) is 21.1. The van der Waals surface area contributed by atoms with E-state index >= 15 is 0 Å². The molecular weight excluding hydrogens is 767 g/mol. The molecule has 5 aromatic rings. The number of rotatable bonds is 14. The lowest BCUT2D eigenvalue weighted by Crippen LogP contribution is -2.30. The molecular formula is C47H49N3O6S2. The van der Waals surface area contributed by atoms with Crippen LogP contribution in [0.3, 0.4) is 0 Å². The molecule has 3 N–H and O–H groups in total. The fourth-order valence-electron chi connectivity index (χ4n) is 6.77. The zero-order valence-corrected chi connectivity index (χ0v) is 35.1. The third-order valence-electron chi connectivity index (χ3n) is 10.1. The van der Waals surface area contributed by atoms with Crippen molar-refractivity contribution in [3.8, 4) is 5.75 Å². The summed E-state index contributed by atoms with van der Waals surface area (Å²) < 4.78 is 11.1. The molecule has 6 rings (SSSR count). The van der Waals surface area contributed by atoms with Crippen LogP contribution < -0.4 is 20.7 Å². The van der Waals surface area contributed by atoms with Crippen LogP contribution in [0.4, 0.5) is 10.7 Å². The first-order valence-electron chi connectivity index (χ1n) is 19.4. The average molecular weight is 816 g/mol. The molecule has 9 nitrogen and oxygen atoms in total. The van der Waals surface area contributed by atoms with Gasteiger partial charge in [-0.3, -0.25) is 14.4 Å². The fourth-order valence-corrected chi connectivity index (χ4v) is 9.10. The second-order valence-electron chi connectivity index (χ2n) is 15.2. The molecule has 58 heavy (non-hydrogen) atoms. The number of carbonyl (C=O) groups excluding carboxylic acids is 4. The van der Waals surface area contributed by atoms with Gasteiger partial charge in [-0.2, -0.15) is 0 Å². The number of hydrogen-bond donors (Lipinski definition) is 3. The monoisotopic (exact) mass is 815 g/mol. The van der Waals surface area contributed by atoms with Crippen molar-refractivity contribution in [3.05, 3.63) is 148 Å². The molecule has 1 aliphatic rings. The zero-order chi connectivity index (χ0) is 41.2. The van der Waals surface area contributed by atoms with Gasteiger partial charge in [-0.15, -0.1) is 23.1 Å². The molecule has 0 fully saturated rings. The predicted molar refractivity (Wildman–Crippen MR) is 233 cm³/mol. The minimum Gasteiger partial charge on any atom is -0.489 e. The van der Waals surface area contributed by atoms with Gasteiger partial charge >= 0.3 is 5.97 Å². The number of carbonyl (C=O) groups is 4. The molecule has 4 aromatic carbocycles. The van der Waals surface area contributed by atoms with E-state index < -0.39 is 23.0 Å². The quantitative estimate of drug-likeness (QED) is 0.0579. The Morgan fingerprint density at radius 2 is 1.60 bits per heavy atom. The van der Waals surface area contributed by atoms with E-state index in [0.29, 0.717) is 52.1 Å². The lowest BCUT2D eigenvalue weighted by molar-refractivity contribution is -0.116. The Kier molecular flexibility index (Phi) is 13.9. The molecule has 11 heteroatoms. The van der Waals surface area contributed by atoms with Crippen LogP contribution in [0, 0.1) is 11.3 Å². The Morgan fingerprint density at radius 1 is 0.897 bits per heavy atom. The second kappa shape index (κ2) is 19.2. The second-order valence-corrected chi connectivity index (χ2v) is 17.6. The highest BCUT2D eigenvalue weighted by Crippen LogP contribution is 2.45. The summed E-state index contributed by atoms with van der Waals surface area (Å²) in [6.07, 6.45) is 4.73. The summed E-state index contributed by atoms with van der Waals surface area (Å²) in [5.74, 6) is -0.467. The number of anilines is 2. The van der Waals surface area contributed by atoms with Gasteiger partial charge in [0.1, 0.15) is 23.1 Å². The SMILES string of the molecule is CCC(Sc1cccc(NC(=O)/C(=C/c2ccc(OCc3ccccc3)cc2)NC(=O)c2ccccc2)c1)C(=O)Nc1sc2c(c1C(=O)OC)CCC(C(C)(C)C)C2. The molecule has 3 amide bonds. The minimum absolute atomic E-state index is 0.0459. The summed E-state index contributed by atoms with van der Waals surface area (Å²) in [5.41, 5.74) is 4.24. The zero-order valence-electron chi connectivity index (χ0n) is 33.4. The summed E-state index contributed by atoms with van der Waals surface area (Å²) in [5, 5.41) is 8.84. The highest BCUT2D eigenvalue weighted by molar-refractivity contribution is 8.00. The molecule has 1 heterocycles. The Morgan fingerprint density at radius 3 is 2.28 bits per heavy atom. The molecule has 1 aliphatic carbocycles. The number of methoxy groups -OCH3 is 1. The summed E-state index contributed by atoms with van der Waals surface area (Å²) in [6.45, 7) is 9.09. The van der Waals surface area contributed by atoms with Crippen molar-refractivity contribution in [2.45, 2.75) is 70.1 Å². The summed E-state index contributed by atoms with van der Waals surface area (Å²) >= 11 is 2.84. The van der Waals surface area contributed by atoms with Crippen molar-refractivity contribution in [2.75, 3.05) is 17.7 Å². The van der Waals surface area contributed by atoms with Crippen LogP contribution in [-0.2, 0) is 33.8 Å². The van der Waals surface area contributed by atoms with Gasteiger partial charge in [0.2, 0.25) is 5.91 Å². The molecule has 2 unspecified atom stereocenters. The number of hydrogen-bond acceptors (Lipinski definition) is 8. The standard InChI is InChI=1S/C47H49N3O6S2/c1-6-39(44(53)50-45-41(46(54)55-5)37-25-22-33(47(2,3)4)27-40(37)58-45)57-36-19-13-18-34(28-36)48-43(52)38(49-42(51)32-16-11-8-12-17-32)26-30-20-23-35(24-21-30)56-29-31-14-9-7-10-15-31/h7-21,23-24,26,28,33,39H,6,22,25,27,29H2,1-5H3,(H,48,52)(H,49,51)(H,50,53)/b38-26-. The van der Waals surface area contributed by atoms with Crippen LogP contribution in [-0.4, -0.2) is 36.1 Å². The number of amides is 3. The van der Waals surface area contributed by atoms with Crippen molar-refractivity contribution in [1.82, 2.24) is 5.32 Å².